The topological polar surface area (TPSA) is 44.5 Å². The minimum absolute atomic E-state index is 0. The summed E-state index contributed by atoms with van der Waals surface area (Å²) in [4.78, 5) is 0. The molecule has 0 heterocycles. The summed E-state index contributed by atoms with van der Waals surface area (Å²) in [5, 5.41) is 1.95. The van der Waals surface area contributed by atoms with E-state index >= 15 is 0 Å². The smallest absolute Gasteiger partial charge is 0.168 e. The lowest BCUT2D eigenvalue weighted by Gasteiger charge is -2.12. The van der Waals surface area contributed by atoms with Gasteiger partial charge >= 0.3 is 0 Å². The summed E-state index contributed by atoms with van der Waals surface area (Å²) < 4.78 is 10.5. The predicted octanol–water partition coefficient (Wildman–Crippen LogP) is 2.86. The highest BCUT2D eigenvalue weighted by Crippen LogP contribution is 2.38. The highest BCUT2D eigenvalue weighted by atomic mass is 35.5. The van der Waals surface area contributed by atoms with E-state index in [1.165, 1.54) is 0 Å². The molecule has 0 saturated heterocycles. The molecule has 0 unspecified atom stereocenters. The number of nitrogens with two attached hydrogens (primary N) is 1. The Bertz CT molecular complexity index is 500. The van der Waals surface area contributed by atoms with Crippen LogP contribution in [0.5, 0.6) is 11.5 Å². The van der Waals surface area contributed by atoms with Gasteiger partial charge in [-0.1, -0.05) is 24.3 Å². The number of ether oxygens (including phenoxy) is 2. The van der Waals surface area contributed by atoms with Crippen LogP contribution in [0.15, 0.2) is 30.3 Å². The molecule has 0 aromatic heterocycles. The molecule has 3 nitrogen and oxygen atoms in total. The van der Waals surface area contributed by atoms with Gasteiger partial charge in [-0.05, 0) is 0 Å². The van der Waals surface area contributed by atoms with Gasteiger partial charge in [0.25, 0.3) is 0 Å². The van der Waals surface area contributed by atoms with Crippen molar-refractivity contribution in [1.29, 1.82) is 0 Å². The van der Waals surface area contributed by atoms with Crippen molar-refractivity contribution in [3.05, 3.63) is 30.3 Å². The third-order valence-corrected chi connectivity index (χ3v) is 2.42. The zero-order valence-electron chi connectivity index (χ0n) is 9.19. The number of halogens is 1. The van der Waals surface area contributed by atoms with E-state index in [0.717, 1.165) is 16.5 Å². The summed E-state index contributed by atoms with van der Waals surface area (Å²) in [6.45, 7) is 0. The minimum atomic E-state index is 0. The lowest BCUT2D eigenvalue weighted by molar-refractivity contribution is 0.359. The maximum Gasteiger partial charge on any atom is 0.168 e. The third-order valence-electron chi connectivity index (χ3n) is 2.42. The Labute approximate surface area is 101 Å². The standard InChI is InChI=1S/C12H13NO2.ClH/c1-14-11-7-10(13)8-5-3-4-6-9(8)12(11)15-2;/h3-7H,13H2,1-2H3;1H. The Hall–Kier alpha value is -1.61. The van der Waals surface area contributed by atoms with Gasteiger partial charge in [0.1, 0.15) is 0 Å². The van der Waals surface area contributed by atoms with Crippen molar-refractivity contribution < 1.29 is 9.47 Å². The summed E-state index contributed by atoms with van der Waals surface area (Å²) in [5.41, 5.74) is 6.62. The van der Waals surface area contributed by atoms with Crippen LogP contribution in [0.4, 0.5) is 5.69 Å². The Morgan fingerprint density at radius 1 is 1.00 bits per heavy atom. The molecule has 2 aromatic carbocycles. The van der Waals surface area contributed by atoms with Crippen molar-refractivity contribution in [2.75, 3.05) is 20.0 Å². The largest absolute Gasteiger partial charge is 0.493 e. The molecule has 0 radical (unpaired) electrons. The van der Waals surface area contributed by atoms with Crippen molar-refractivity contribution in [3.63, 3.8) is 0 Å². The van der Waals surface area contributed by atoms with Crippen LogP contribution in [-0.2, 0) is 0 Å². The number of methoxy groups -OCH3 is 2. The average Bonchev–Trinajstić information content (AvgIpc) is 2.29. The second-order valence-electron chi connectivity index (χ2n) is 3.25. The predicted molar refractivity (Wildman–Crippen MR) is 68.7 cm³/mol. The van der Waals surface area contributed by atoms with Gasteiger partial charge in [-0.15, -0.1) is 12.4 Å². The Morgan fingerprint density at radius 2 is 1.62 bits per heavy atom. The summed E-state index contributed by atoms with van der Waals surface area (Å²) in [6.07, 6.45) is 0. The molecular weight excluding hydrogens is 226 g/mol. The lowest BCUT2D eigenvalue weighted by Crippen LogP contribution is -1.95. The summed E-state index contributed by atoms with van der Waals surface area (Å²) in [7, 11) is 3.23. The molecule has 4 heteroatoms. The molecule has 2 aromatic rings. The van der Waals surface area contributed by atoms with Crippen LogP contribution < -0.4 is 15.2 Å². The van der Waals surface area contributed by atoms with Crippen molar-refractivity contribution in [3.8, 4) is 11.5 Å². The second kappa shape index (κ2) is 4.94. The number of anilines is 1. The molecule has 0 aliphatic rings. The molecule has 0 bridgehead atoms. The van der Waals surface area contributed by atoms with Crippen LogP contribution in [0, 0.1) is 0 Å². The first-order chi connectivity index (χ1) is 7.27. The Kier molecular flexibility index (Phi) is 3.85. The molecule has 2 N–H and O–H groups in total. The summed E-state index contributed by atoms with van der Waals surface area (Å²) in [5.74, 6) is 1.39. The first-order valence-corrected chi connectivity index (χ1v) is 4.67. The highest BCUT2D eigenvalue weighted by molar-refractivity contribution is 5.99. The fraction of sp³-hybridized carbons (Fsp3) is 0.167. The summed E-state index contributed by atoms with van der Waals surface area (Å²) >= 11 is 0. The van der Waals surface area contributed by atoms with Gasteiger partial charge in [0.15, 0.2) is 11.5 Å². The molecule has 0 atom stereocenters. The summed E-state index contributed by atoms with van der Waals surface area (Å²) in [6, 6.07) is 9.61. The molecular formula is C12H14ClNO2. The molecule has 0 saturated carbocycles. The van der Waals surface area contributed by atoms with E-state index in [0.29, 0.717) is 11.4 Å². The van der Waals surface area contributed by atoms with Gasteiger partial charge in [0.05, 0.1) is 14.2 Å². The monoisotopic (exact) mass is 239 g/mol. The van der Waals surface area contributed by atoms with Crippen LogP contribution >= 0.6 is 12.4 Å². The zero-order valence-corrected chi connectivity index (χ0v) is 10.0. The number of fused-ring (bicyclic) bond motifs is 1. The van der Waals surface area contributed by atoms with E-state index in [1.54, 1.807) is 20.3 Å². The lowest BCUT2D eigenvalue weighted by atomic mass is 10.1. The van der Waals surface area contributed by atoms with Crippen LogP contribution in [0.25, 0.3) is 10.8 Å². The Balaban J connectivity index is 0.00000128. The number of nitrogen functional groups attached to an aromatic ring is 1. The Morgan fingerprint density at radius 3 is 2.19 bits per heavy atom. The molecule has 2 rings (SSSR count). The van der Waals surface area contributed by atoms with Gasteiger partial charge in [-0.2, -0.15) is 0 Å². The number of hydrogen-bond donors (Lipinski definition) is 1. The van der Waals surface area contributed by atoms with Gasteiger partial charge in [-0.3, -0.25) is 0 Å². The fourth-order valence-electron chi connectivity index (χ4n) is 1.71. The maximum atomic E-state index is 5.92. The molecule has 86 valence electrons. The van der Waals surface area contributed by atoms with Crippen molar-refractivity contribution in [2.45, 2.75) is 0 Å². The molecule has 16 heavy (non-hydrogen) atoms. The van der Waals surface area contributed by atoms with Gasteiger partial charge in [-0.25, -0.2) is 0 Å². The highest BCUT2D eigenvalue weighted by Gasteiger charge is 2.10. The molecule has 0 spiro atoms. The van der Waals surface area contributed by atoms with E-state index in [2.05, 4.69) is 0 Å². The van der Waals surface area contributed by atoms with E-state index < -0.39 is 0 Å². The normalized spacial score (nSPS) is 9.62. The molecule has 0 aliphatic heterocycles. The zero-order chi connectivity index (χ0) is 10.8. The van der Waals surface area contributed by atoms with Crippen molar-refractivity contribution in [2.24, 2.45) is 0 Å². The first kappa shape index (κ1) is 12.5. The van der Waals surface area contributed by atoms with Crippen molar-refractivity contribution in [1.82, 2.24) is 0 Å². The van der Waals surface area contributed by atoms with E-state index in [4.69, 9.17) is 15.2 Å². The minimum Gasteiger partial charge on any atom is -0.493 e. The number of benzene rings is 2. The van der Waals surface area contributed by atoms with Gasteiger partial charge in [0, 0.05) is 22.5 Å². The van der Waals surface area contributed by atoms with Crippen LogP contribution in [0.1, 0.15) is 0 Å². The van der Waals surface area contributed by atoms with Crippen molar-refractivity contribution >= 4 is 28.9 Å². The van der Waals surface area contributed by atoms with Gasteiger partial charge in [0.2, 0.25) is 0 Å². The van der Waals surface area contributed by atoms with Crippen LogP contribution in [0.3, 0.4) is 0 Å². The van der Waals surface area contributed by atoms with E-state index in [1.807, 2.05) is 24.3 Å². The van der Waals surface area contributed by atoms with Gasteiger partial charge < -0.3 is 15.2 Å². The van der Waals surface area contributed by atoms with E-state index in [-0.39, 0.29) is 12.4 Å². The van der Waals surface area contributed by atoms with Crippen LogP contribution in [-0.4, -0.2) is 14.2 Å². The number of rotatable bonds is 2. The first-order valence-electron chi connectivity index (χ1n) is 4.67. The van der Waals surface area contributed by atoms with Crippen LogP contribution in [0.2, 0.25) is 0 Å². The molecule has 0 amide bonds. The fourth-order valence-corrected chi connectivity index (χ4v) is 1.71. The average molecular weight is 240 g/mol. The number of hydrogen-bond acceptors (Lipinski definition) is 3. The maximum absolute atomic E-state index is 5.92. The second-order valence-corrected chi connectivity index (χ2v) is 3.25. The molecule has 0 aliphatic carbocycles. The quantitative estimate of drug-likeness (QED) is 0.820. The SMILES string of the molecule is COc1cc(N)c2ccccc2c1OC.Cl. The molecule has 0 fully saturated rings. The van der Waals surface area contributed by atoms with E-state index in [9.17, 15) is 0 Å². The third kappa shape index (κ3) is 1.86.